The van der Waals surface area contributed by atoms with Crippen LogP contribution in [0.15, 0.2) is 102 Å². The molecule has 4 aromatic rings. The van der Waals surface area contributed by atoms with E-state index < -0.39 is 11.7 Å². The first-order valence-corrected chi connectivity index (χ1v) is 10.1. The molecule has 5 heteroatoms. The first-order valence-electron chi connectivity index (χ1n) is 9.29. The third-order valence-corrected chi connectivity index (χ3v) is 5.25. The molecule has 0 atom stereocenters. The SMILES string of the molecule is FC(F)(F)c1cc(Nc2ccc(Br)cc2)cc(-c2ccc(-c3ccccc3)cc2)c1. The second kappa shape index (κ2) is 8.36. The zero-order valence-corrected chi connectivity index (χ0v) is 17.3. The first kappa shape index (κ1) is 20.2. The van der Waals surface area contributed by atoms with Gasteiger partial charge in [0.2, 0.25) is 0 Å². The maximum absolute atomic E-state index is 13.5. The lowest BCUT2D eigenvalue weighted by Crippen LogP contribution is -2.06. The van der Waals surface area contributed by atoms with Gasteiger partial charge in [-0.3, -0.25) is 0 Å². The minimum Gasteiger partial charge on any atom is -0.355 e. The second-order valence-corrected chi connectivity index (χ2v) is 7.79. The molecule has 0 unspecified atom stereocenters. The maximum Gasteiger partial charge on any atom is 0.416 e. The van der Waals surface area contributed by atoms with Crippen LogP contribution in [-0.2, 0) is 6.18 Å². The Morgan fingerprint density at radius 1 is 0.567 bits per heavy atom. The summed E-state index contributed by atoms with van der Waals surface area (Å²) in [5.41, 5.74) is 3.71. The molecule has 1 nitrogen and oxygen atoms in total. The van der Waals surface area contributed by atoms with Crippen molar-refractivity contribution in [2.75, 3.05) is 5.32 Å². The highest BCUT2D eigenvalue weighted by Gasteiger charge is 2.31. The molecule has 0 amide bonds. The zero-order valence-electron chi connectivity index (χ0n) is 15.7. The van der Waals surface area contributed by atoms with Crippen molar-refractivity contribution >= 4 is 27.3 Å². The molecule has 4 rings (SSSR count). The number of alkyl halides is 3. The number of anilines is 2. The van der Waals surface area contributed by atoms with Crippen molar-refractivity contribution in [3.05, 3.63) is 107 Å². The van der Waals surface area contributed by atoms with E-state index in [0.717, 1.165) is 27.2 Å². The molecule has 30 heavy (non-hydrogen) atoms. The Labute approximate surface area is 181 Å². The van der Waals surface area contributed by atoms with Gasteiger partial charge in [-0.05, 0) is 64.7 Å². The Morgan fingerprint density at radius 3 is 1.73 bits per heavy atom. The quantitative estimate of drug-likeness (QED) is 0.317. The Kier molecular flexibility index (Phi) is 5.64. The highest BCUT2D eigenvalue weighted by molar-refractivity contribution is 9.10. The van der Waals surface area contributed by atoms with Gasteiger partial charge >= 0.3 is 6.18 Å². The number of benzene rings is 4. The molecule has 0 saturated carbocycles. The topological polar surface area (TPSA) is 12.0 Å². The van der Waals surface area contributed by atoms with E-state index >= 15 is 0 Å². The van der Waals surface area contributed by atoms with Gasteiger partial charge in [0.05, 0.1) is 5.56 Å². The van der Waals surface area contributed by atoms with Gasteiger partial charge in [-0.15, -0.1) is 0 Å². The summed E-state index contributed by atoms with van der Waals surface area (Å²) in [4.78, 5) is 0. The summed E-state index contributed by atoms with van der Waals surface area (Å²) < 4.78 is 41.4. The fourth-order valence-electron chi connectivity index (χ4n) is 3.22. The number of nitrogens with one attached hydrogen (secondary N) is 1. The first-order chi connectivity index (χ1) is 14.4. The molecule has 1 N–H and O–H groups in total. The Morgan fingerprint density at radius 2 is 1.13 bits per heavy atom. The Balaban J connectivity index is 1.70. The lowest BCUT2D eigenvalue weighted by atomic mass is 9.98. The summed E-state index contributed by atoms with van der Waals surface area (Å²) in [6.07, 6.45) is -4.43. The van der Waals surface area contributed by atoms with Gasteiger partial charge in [-0.25, -0.2) is 0 Å². The van der Waals surface area contributed by atoms with Crippen molar-refractivity contribution in [3.8, 4) is 22.3 Å². The summed E-state index contributed by atoms with van der Waals surface area (Å²) in [5, 5.41) is 3.07. The van der Waals surface area contributed by atoms with E-state index in [-0.39, 0.29) is 0 Å². The van der Waals surface area contributed by atoms with Gasteiger partial charge in [-0.1, -0.05) is 70.5 Å². The summed E-state index contributed by atoms with van der Waals surface area (Å²) >= 11 is 3.36. The van der Waals surface area contributed by atoms with Crippen molar-refractivity contribution < 1.29 is 13.2 Å². The van der Waals surface area contributed by atoms with Crippen molar-refractivity contribution in [3.63, 3.8) is 0 Å². The molecule has 0 aliphatic carbocycles. The van der Waals surface area contributed by atoms with E-state index in [1.54, 1.807) is 18.2 Å². The van der Waals surface area contributed by atoms with E-state index in [1.165, 1.54) is 6.07 Å². The van der Waals surface area contributed by atoms with Crippen molar-refractivity contribution in [2.24, 2.45) is 0 Å². The van der Waals surface area contributed by atoms with Crippen LogP contribution in [0.4, 0.5) is 24.5 Å². The highest BCUT2D eigenvalue weighted by atomic mass is 79.9. The molecular formula is C25H17BrF3N. The Bertz CT molecular complexity index is 1140. The van der Waals surface area contributed by atoms with E-state index in [9.17, 15) is 13.2 Å². The zero-order chi connectivity index (χ0) is 21.1. The van der Waals surface area contributed by atoms with Crippen LogP contribution in [-0.4, -0.2) is 0 Å². The van der Waals surface area contributed by atoms with Crippen molar-refractivity contribution in [1.29, 1.82) is 0 Å². The molecular weight excluding hydrogens is 451 g/mol. The van der Waals surface area contributed by atoms with Crippen LogP contribution in [0.2, 0.25) is 0 Å². The van der Waals surface area contributed by atoms with Crippen molar-refractivity contribution in [2.45, 2.75) is 6.18 Å². The van der Waals surface area contributed by atoms with Crippen LogP contribution in [0.1, 0.15) is 5.56 Å². The molecule has 0 aliphatic heterocycles. The van der Waals surface area contributed by atoms with Gasteiger partial charge < -0.3 is 5.32 Å². The van der Waals surface area contributed by atoms with Crippen LogP contribution >= 0.6 is 15.9 Å². The molecule has 0 radical (unpaired) electrons. The molecule has 150 valence electrons. The normalized spacial score (nSPS) is 11.3. The van der Waals surface area contributed by atoms with E-state index in [4.69, 9.17) is 0 Å². The van der Waals surface area contributed by atoms with Crippen LogP contribution in [0.25, 0.3) is 22.3 Å². The fourth-order valence-corrected chi connectivity index (χ4v) is 3.48. The van der Waals surface area contributed by atoms with Gasteiger partial charge in [0.25, 0.3) is 0 Å². The fraction of sp³-hybridized carbons (Fsp3) is 0.0400. The highest BCUT2D eigenvalue weighted by Crippen LogP contribution is 2.36. The molecule has 0 aromatic heterocycles. The maximum atomic E-state index is 13.5. The lowest BCUT2D eigenvalue weighted by molar-refractivity contribution is -0.137. The summed E-state index contributed by atoms with van der Waals surface area (Å²) in [6, 6.07) is 28.7. The predicted molar refractivity (Wildman–Crippen MR) is 120 cm³/mol. The van der Waals surface area contributed by atoms with Crippen LogP contribution < -0.4 is 5.32 Å². The van der Waals surface area contributed by atoms with Crippen LogP contribution in [0.5, 0.6) is 0 Å². The van der Waals surface area contributed by atoms with Gasteiger partial charge in [0, 0.05) is 15.8 Å². The standard InChI is InChI=1S/C25H17BrF3N/c26-22-10-12-23(13-11-22)30-24-15-20(14-21(16-24)25(27,28)29)19-8-6-18(7-9-19)17-4-2-1-3-5-17/h1-16,30H. The third kappa shape index (κ3) is 4.74. The molecule has 0 heterocycles. The predicted octanol–water partition coefficient (Wildman–Crippen LogP) is 8.55. The lowest BCUT2D eigenvalue weighted by Gasteiger charge is -2.14. The van der Waals surface area contributed by atoms with Crippen LogP contribution in [0, 0.1) is 0 Å². The molecule has 0 saturated heterocycles. The number of halogens is 4. The number of rotatable bonds is 4. The average molecular weight is 468 g/mol. The Hall–Kier alpha value is -3.05. The summed E-state index contributed by atoms with van der Waals surface area (Å²) in [5.74, 6) is 0. The minimum absolute atomic E-state index is 0.384. The van der Waals surface area contributed by atoms with Crippen LogP contribution in [0.3, 0.4) is 0 Å². The molecule has 0 aliphatic rings. The van der Waals surface area contributed by atoms with Gasteiger partial charge in [0.15, 0.2) is 0 Å². The second-order valence-electron chi connectivity index (χ2n) is 6.87. The average Bonchev–Trinajstić information content (AvgIpc) is 2.75. The number of hydrogen-bond donors (Lipinski definition) is 1. The molecule has 0 fully saturated rings. The van der Waals surface area contributed by atoms with Gasteiger partial charge in [-0.2, -0.15) is 13.2 Å². The number of hydrogen-bond acceptors (Lipinski definition) is 1. The molecule has 0 spiro atoms. The van der Waals surface area contributed by atoms with E-state index in [1.807, 2.05) is 66.7 Å². The van der Waals surface area contributed by atoms with Crippen molar-refractivity contribution in [1.82, 2.24) is 0 Å². The molecule has 0 bridgehead atoms. The monoisotopic (exact) mass is 467 g/mol. The van der Waals surface area contributed by atoms with E-state index in [2.05, 4.69) is 21.2 Å². The minimum atomic E-state index is -4.43. The van der Waals surface area contributed by atoms with Gasteiger partial charge in [0.1, 0.15) is 0 Å². The van der Waals surface area contributed by atoms with E-state index in [0.29, 0.717) is 16.9 Å². The largest absolute Gasteiger partial charge is 0.416 e. The summed E-state index contributed by atoms with van der Waals surface area (Å²) in [7, 11) is 0. The third-order valence-electron chi connectivity index (χ3n) is 4.72. The smallest absolute Gasteiger partial charge is 0.355 e. The summed E-state index contributed by atoms with van der Waals surface area (Å²) in [6.45, 7) is 0. The molecule has 4 aromatic carbocycles.